The predicted octanol–water partition coefficient (Wildman–Crippen LogP) is 8.25. The molecular weight excluding hydrogens is 445 g/mol. The fraction of sp³-hybridized carbons (Fsp3) is 0.0938. The fourth-order valence-corrected chi connectivity index (χ4v) is 6.07. The molecule has 2 nitrogen and oxygen atoms in total. The van der Waals surface area contributed by atoms with Crippen LogP contribution in [0.2, 0.25) is 0 Å². The number of hydrogen-bond acceptors (Lipinski definition) is 2. The summed E-state index contributed by atoms with van der Waals surface area (Å²) < 4.78 is 6.45. The third-order valence-corrected chi connectivity index (χ3v) is 8.47. The van der Waals surface area contributed by atoms with E-state index in [1.165, 1.54) is 44.2 Å². The van der Waals surface area contributed by atoms with Gasteiger partial charge in [-0.3, -0.25) is 0 Å². The number of rotatable bonds is 3. The zero-order chi connectivity index (χ0) is 23.5. The number of fused-ring (bicyclic) bond motifs is 6. The van der Waals surface area contributed by atoms with Gasteiger partial charge in [-0.05, 0) is 58.6 Å². The Morgan fingerprint density at radius 3 is 2.14 bits per heavy atom. The zero-order valence-electron chi connectivity index (χ0n) is 19.7. The van der Waals surface area contributed by atoms with E-state index in [0.29, 0.717) is 0 Å². The average Bonchev–Trinajstić information content (AvgIpc) is 3.46. The second-order valence-electron chi connectivity index (χ2n) is 9.44. The van der Waals surface area contributed by atoms with E-state index in [2.05, 4.69) is 98.3 Å². The molecule has 6 aromatic rings. The normalized spacial score (nSPS) is 12.4. The highest BCUT2D eigenvalue weighted by Gasteiger charge is 2.27. The number of pyridine rings is 1. The van der Waals surface area contributed by atoms with Crippen LogP contribution in [-0.2, 0) is 6.42 Å². The molecule has 0 saturated heterocycles. The lowest BCUT2D eigenvalue weighted by Crippen LogP contribution is -1.97. The van der Waals surface area contributed by atoms with Crippen LogP contribution < -0.4 is 5.30 Å². The molecule has 2 heterocycles. The molecule has 0 unspecified atom stereocenters. The van der Waals surface area contributed by atoms with Gasteiger partial charge in [0.2, 0.25) is 0 Å². The molecule has 1 aliphatic rings. The Morgan fingerprint density at radius 2 is 1.37 bits per heavy atom. The minimum atomic E-state index is -0.0773. The minimum absolute atomic E-state index is 0.0773. The van der Waals surface area contributed by atoms with Crippen molar-refractivity contribution in [3.63, 3.8) is 0 Å². The summed E-state index contributed by atoms with van der Waals surface area (Å²) in [5.74, 6) is 0. The Balaban J connectivity index is 1.42. The molecule has 1 aliphatic carbocycles. The summed E-state index contributed by atoms with van der Waals surface area (Å²) in [6.45, 7) is 4.59. The third kappa shape index (κ3) is 3.25. The van der Waals surface area contributed by atoms with Crippen LogP contribution in [-0.4, -0.2) is 18.3 Å². The van der Waals surface area contributed by atoms with Crippen molar-refractivity contribution in [2.24, 2.45) is 0 Å². The molecule has 0 fully saturated rings. The van der Waals surface area contributed by atoms with Crippen LogP contribution in [0.25, 0.3) is 55.6 Å². The van der Waals surface area contributed by atoms with E-state index in [-0.39, 0.29) is 7.92 Å². The molecule has 2 aromatic heterocycles. The lowest BCUT2D eigenvalue weighted by molar-refractivity contribution is 0.669. The average molecular weight is 470 g/mol. The van der Waals surface area contributed by atoms with Crippen molar-refractivity contribution in [3.05, 3.63) is 108 Å². The number of hydrogen-bond donors (Lipinski definition) is 0. The molecule has 35 heavy (non-hydrogen) atoms. The summed E-state index contributed by atoms with van der Waals surface area (Å²) in [6.07, 6.45) is 0.876. The van der Waals surface area contributed by atoms with E-state index in [9.17, 15) is 0 Å². The molecule has 0 saturated carbocycles. The number of nitrogens with zero attached hydrogens (tertiary/aromatic N) is 1. The standard InChI is InChI=1S/C32H24NOP/c1-35(2)24-17-15-21(16-18-24)20-11-13-22(14-12-20)29-27-19-23-7-3-4-8-25(23)30(27)33-31-26-9-5-6-10-28(26)34-32(29)31/h3-18H,19H2,1-2H3. The van der Waals surface area contributed by atoms with Crippen LogP contribution in [0.1, 0.15) is 11.1 Å². The molecule has 168 valence electrons. The van der Waals surface area contributed by atoms with Crippen LogP contribution in [0.4, 0.5) is 0 Å². The maximum atomic E-state index is 6.45. The lowest BCUT2D eigenvalue weighted by Gasteiger charge is -2.11. The van der Waals surface area contributed by atoms with E-state index in [1.54, 1.807) is 0 Å². The quantitative estimate of drug-likeness (QED) is 0.244. The summed E-state index contributed by atoms with van der Waals surface area (Å²) >= 11 is 0. The van der Waals surface area contributed by atoms with Gasteiger partial charge >= 0.3 is 0 Å². The molecule has 0 amide bonds. The molecule has 0 N–H and O–H groups in total. The summed E-state index contributed by atoms with van der Waals surface area (Å²) in [4.78, 5) is 5.17. The minimum Gasteiger partial charge on any atom is -0.454 e. The number of benzene rings is 4. The van der Waals surface area contributed by atoms with Gasteiger partial charge in [-0.25, -0.2) is 4.98 Å². The number of furan rings is 1. The smallest absolute Gasteiger partial charge is 0.162 e. The van der Waals surface area contributed by atoms with Crippen molar-refractivity contribution in [1.29, 1.82) is 0 Å². The molecule has 0 aliphatic heterocycles. The predicted molar refractivity (Wildman–Crippen MR) is 149 cm³/mol. The van der Waals surface area contributed by atoms with E-state index in [0.717, 1.165) is 34.2 Å². The van der Waals surface area contributed by atoms with Gasteiger partial charge in [0, 0.05) is 22.9 Å². The first-order valence-corrected chi connectivity index (χ1v) is 14.2. The summed E-state index contributed by atoms with van der Waals surface area (Å²) in [5.41, 5.74) is 12.4. The number of aromatic nitrogens is 1. The first kappa shape index (κ1) is 20.6. The van der Waals surface area contributed by atoms with Crippen LogP contribution in [0.3, 0.4) is 0 Å². The van der Waals surface area contributed by atoms with Gasteiger partial charge < -0.3 is 4.42 Å². The summed E-state index contributed by atoms with van der Waals surface area (Å²) in [6, 6.07) is 34.8. The largest absolute Gasteiger partial charge is 0.454 e. The first-order chi connectivity index (χ1) is 17.2. The van der Waals surface area contributed by atoms with E-state index in [1.807, 2.05) is 12.1 Å². The van der Waals surface area contributed by atoms with Crippen LogP contribution in [0.5, 0.6) is 0 Å². The van der Waals surface area contributed by atoms with Crippen molar-refractivity contribution >= 4 is 35.3 Å². The van der Waals surface area contributed by atoms with Crippen molar-refractivity contribution in [2.75, 3.05) is 13.3 Å². The molecule has 0 spiro atoms. The van der Waals surface area contributed by atoms with Crippen LogP contribution >= 0.6 is 7.92 Å². The van der Waals surface area contributed by atoms with Gasteiger partial charge in [0.25, 0.3) is 0 Å². The highest BCUT2D eigenvalue weighted by molar-refractivity contribution is 7.64. The van der Waals surface area contributed by atoms with Crippen molar-refractivity contribution in [3.8, 4) is 33.5 Å². The molecule has 0 atom stereocenters. The molecule has 4 aromatic carbocycles. The Labute approximate surface area is 206 Å². The SMILES string of the molecule is CP(C)c1ccc(-c2ccc(-c3c4c(nc5c3oc3ccccc35)-c3ccccc3C4)cc2)cc1. The van der Waals surface area contributed by atoms with Crippen LogP contribution in [0.15, 0.2) is 101 Å². The van der Waals surface area contributed by atoms with Gasteiger partial charge in [-0.2, -0.15) is 0 Å². The Hall–Kier alpha value is -3.74. The van der Waals surface area contributed by atoms with E-state index in [4.69, 9.17) is 9.40 Å². The van der Waals surface area contributed by atoms with Gasteiger partial charge in [0.15, 0.2) is 5.58 Å². The molecule has 3 heteroatoms. The fourth-order valence-electron chi connectivity index (χ4n) is 5.32. The molecule has 0 radical (unpaired) electrons. The summed E-state index contributed by atoms with van der Waals surface area (Å²) in [7, 11) is -0.0773. The second-order valence-corrected chi connectivity index (χ2v) is 11.7. The highest BCUT2D eigenvalue weighted by Crippen LogP contribution is 2.46. The number of para-hydroxylation sites is 1. The third-order valence-electron chi connectivity index (χ3n) is 7.14. The second kappa shape index (κ2) is 7.90. The Morgan fingerprint density at radius 1 is 0.714 bits per heavy atom. The molecule has 0 bridgehead atoms. The molecular formula is C32H24NOP. The zero-order valence-corrected chi connectivity index (χ0v) is 20.6. The monoisotopic (exact) mass is 469 g/mol. The Bertz CT molecular complexity index is 1730. The molecule has 7 rings (SSSR count). The highest BCUT2D eigenvalue weighted by atomic mass is 31.1. The Kier molecular flexibility index (Phi) is 4.65. The van der Waals surface area contributed by atoms with Gasteiger partial charge in [0.05, 0.1) is 5.69 Å². The van der Waals surface area contributed by atoms with E-state index < -0.39 is 0 Å². The van der Waals surface area contributed by atoms with E-state index >= 15 is 0 Å². The lowest BCUT2D eigenvalue weighted by atomic mass is 9.95. The van der Waals surface area contributed by atoms with Crippen molar-refractivity contribution < 1.29 is 4.42 Å². The van der Waals surface area contributed by atoms with Crippen molar-refractivity contribution in [2.45, 2.75) is 6.42 Å². The topological polar surface area (TPSA) is 26.0 Å². The van der Waals surface area contributed by atoms with Gasteiger partial charge in [0.1, 0.15) is 11.1 Å². The maximum Gasteiger partial charge on any atom is 0.162 e. The van der Waals surface area contributed by atoms with Gasteiger partial charge in [-0.1, -0.05) is 92.9 Å². The van der Waals surface area contributed by atoms with Gasteiger partial charge in [-0.15, -0.1) is 0 Å². The van der Waals surface area contributed by atoms with Crippen molar-refractivity contribution in [1.82, 2.24) is 4.98 Å². The first-order valence-electron chi connectivity index (χ1n) is 12.0. The maximum absolute atomic E-state index is 6.45. The van der Waals surface area contributed by atoms with Crippen LogP contribution in [0, 0.1) is 0 Å². The summed E-state index contributed by atoms with van der Waals surface area (Å²) in [5, 5.41) is 2.50.